The van der Waals surface area contributed by atoms with Crippen molar-refractivity contribution in [2.45, 2.75) is 4.90 Å². The van der Waals surface area contributed by atoms with Gasteiger partial charge < -0.3 is 5.32 Å². The topological polar surface area (TPSA) is 59.1 Å². The van der Waals surface area contributed by atoms with Gasteiger partial charge in [-0.3, -0.25) is 9.59 Å². The molecule has 0 saturated heterocycles. The molecule has 0 aliphatic rings. The Labute approximate surface area is 160 Å². The van der Waals surface area contributed by atoms with E-state index in [0.717, 1.165) is 4.90 Å². The summed E-state index contributed by atoms with van der Waals surface area (Å²) in [6.07, 6.45) is 1.53. The summed E-state index contributed by atoms with van der Waals surface area (Å²) in [7, 11) is 0. The number of halogens is 1. The van der Waals surface area contributed by atoms with Crippen LogP contribution in [0.15, 0.2) is 77.8 Å². The number of benzene rings is 2. The van der Waals surface area contributed by atoms with Crippen molar-refractivity contribution in [2.75, 3.05) is 11.1 Å². The number of hydrogen-bond donors (Lipinski definition) is 1. The first kappa shape index (κ1) is 18.2. The van der Waals surface area contributed by atoms with Gasteiger partial charge in [-0.1, -0.05) is 48.0 Å². The van der Waals surface area contributed by atoms with E-state index in [2.05, 4.69) is 10.3 Å². The Balaban J connectivity index is 1.64. The summed E-state index contributed by atoms with van der Waals surface area (Å²) in [4.78, 5) is 29.5. The monoisotopic (exact) mass is 382 g/mol. The van der Waals surface area contributed by atoms with E-state index in [1.165, 1.54) is 18.0 Å². The SMILES string of the molecule is O=C(CSc1cccc(C(=O)Nc2cc(Cl)ccn2)c1)c1ccccc1. The van der Waals surface area contributed by atoms with Crippen LogP contribution in [0.3, 0.4) is 0 Å². The molecule has 3 rings (SSSR count). The zero-order chi connectivity index (χ0) is 18.4. The summed E-state index contributed by atoms with van der Waals surface area (Å²) in [5, 5.41) is 3.21. The van der Waals surface area contributed by atoms with Crippen LogP contribution >= 0.6 is 23.4 Å². The Morgan fingerprint density at radius 1 is 0.962 bits per heavy atom. The molecule has 1 amide bonds. The van der Waals surface area contributed by atoms with Crippen molar-refractivity contribution in [1.82, 2.24) is 4.98 Å². The fourth-order valence-corrected chi connectivity index (χ4v) is 3.25. The number of pyridine rings is 1. The Kier molecular flexibility index (Phi) is 6.04. The first-order valence-electron chi connectivity index (χ1n) is 7.86. The van der Waals surface area contributed by atoms with E-state index in [9.17, 15) is 9.59 Å². The van der Waals surface area contributed by atoms with Gasteiger partial charge in [0.1, 0.15) is 5.82 Å². The van der Waals surface area contributed by atoms with Crippen LogP contribution in [-0.2, 0) is 0 Å². The summed E-state index contributed by atoms with van der Waals surface area (Å²) in [6.45, 7) is 0. The van der Waals surface area contributed by atoms with E-state index in [1.54, 1.807) is 42.5 Å². The molecule has 0 aliphatic carbocycles. The van der Waals surface area contributed by atoms with Gasteiger partial charge in [0.15, 0.2) is 5.78 Å². The number of thioether (sulfide) groups is 1. The number of amides is 1. The molecule has 2 aromatic carbocycles. The molecule has 0 spiro atoms. The summed E-state index contributed by atoms with van der Waals surface area (Å²) in [5.74, 6) is 0.468. The number of rotatable bonds is 6. The normalized spacial score (nSPS) is 10.3. The molecule has 0 unspecified atom stereocenters. The summed E-state index contributed by atoms with van der Waals surface area (Å²) < 4.78 is 0. The van der Waals surface area contributed by atoms with E-state index in [1.807, 2.05) is 24.3 Å². The molecule has 1 aromatic heterocycles. The minimum Gasteiger partial charge on any atom is -0.307 e. The third-order valence-corrected chi connectivity index (χ3v) is 4.75. The predicted molar refractivity (Wildman–Crippen MR) is 105 cm³/mol. The van der Waals surface area contributed by atoms with Gasteiger partial charge in [-0.2, -0.15) is 0 Å². The molecule has 26 heavy (non-hydrogen) atoms. The second-order valence-corrected chi connectivity index (χ2v) is 6.90. The quantitative estimate of drug-likeness (QED) is 0.483. The number of hydrogen-bond acceptors (Lipinski definition) is 4. The third kappa shape index (κ3) is 4.94. The maximum absolute atomic E-state index is 12.4. The van der Waals surface area contributed by atoms with Gasteiger partial charge in [0.25, 0.3) is 5.91 Å². The lowest BCUT2D eigenvalue weighted by molar-refractivity contribution is 0.101. The number of Topliss-reactive ketones (excluding diaryl/α,β-unsaturated/α-hetero) is 1. The Morgan fingerprint density at radius 3 is 2.50 bits per heavy atom. The van der Waals surface area contributed by atoms with E-state index < -0.39 is 0 Å². The van der Waals surface area contributed by atoms with Crippen LogP contribution in [0.1, 0.15) is 20.7 Å². The molecule has 0 bridgehead atoms. The summed E-state index contributed by atoms with van der Waals surface area (Å²) >= 11 is 7.29. The Hall–Kier alpha value is -2.63. The average Bonchev–Trinajstić information content (AvgIpc) is 2.67. The van der Waals surface area contributed by atoms with Crippen molar-refractivity contribution >= 4 is 40.9 Å². The first-order valence-corrected chi connectivity index (χ1v) is 9.22. The molecule has 0 radical (unpaired) electrons. The van der Waals surface area contributed by atoms with Crippen molar-refractivity contribution in [3.63, 3.8) is 0 Å². The maximum atomic E-state index is 12.4. The van der Waals surface area contributed by atoms with E-state index in [0.29, 0.717) is 27.7 Å². The molecule has 1 heterocycles. The lowest BCUT2D eigenvalue weighted by Crippen LogP contribution is -2.12. The van der Waals surface area contributed by atoms with Crippen LogP contribution in [0.4, 0.5) is 5.82 Å². The Morgan fingerprint density at radius 2 is 1.73 bits per heavy atom. The van der Waals surface area contributed by atoms with Crippen molar-refractivity contribution in [3.05, 3.63) is 89.1 Å². The number of nitrogens with zero attached hydrogens (tertiary/aromatic N) is 1. The number of nitrogens with one attached hydrogen (secondary N) is 1. The molecular weight excluding hydrogens is 368 g/mol. The Bertz CT molecular complexity index is 932. The number of carbonyl (C=O) groups excluding carboxylic acids is 2. The minimum absolute atomic E-state index is 0.0496. The largest absolute Gasteiger partial charge is 0.307 e. The third-order valence-electron chi connectivity index (χ3n) is 3.53. The molecule has 0 saturated carbocycles. The highest BCUT2D eigenvalue weighted by molar-refractivity contribution is 8.00. The zero-order valence-electron chi connectivity index (χ0n) is 13.7. The second-order valence-electron chi connectivity index (χ2n) is 5.42. The predicted octanol–water partition coefficient (Wildman–Crippen LogP) is 4.96. The fraction of sp³-hybridized carbons (Fsp3) is 0.0500. The molecule has 0 fully saturated rings. The molecule has 130 valence electrons. The van der Waals surface area contributed by atoms with Crippen LogP contribution in [0.2, 0.25) is 5.02 Å². The highest BCUT2D eigenvalue weighted by atomic mass is 35.5. The second kappa shape index (κ2) is 8.65. The van der Waals surface area contributed by atoms with Gasteiger partial charge >= 0.3 is 0 Å². The lowest BCUT2D eigenvalue weighted by atomic mass is 10.2. The van der Waals surface area contributed by atoms with Crippen molar-refractivity contribution in [3.8, 4) is 0 Å². The van der Waals surface area contributed by atoms with Gasteiger partial charge in [-0.25, -0.2) is 4.98 Å². The zero-order valence-corrected chi connectivity index (χ0v) is 15.3. The number of carbonyl (C=O) groups is 2. The highest BCUT2D eigenvalue weighted by Crippen LogP contribution is 2.21. The van der Waals surface area contributed by atoms with Crippen LogP contribution in [0.25, 0.3) is 0 Å². The van der Waals surface area contributed by atoms with E-state index in [4.69, 9.17) is 11.6 Å². The summed E-state index contributed by atoms with van der Waals surface area (Å²) in [5.41, 5.74) is 1.17. The van der Waals surface area contributed by atoms with Crippen molar-refractivity contribution in [1.29, 1.82) is 0 Å². The van der Waals surface area contributed by atoms with Gasteiger partial charge in [0, 0.05) is 27.2 Å². The molecule has 0 aliphatic heterocycles. The number of anilines is 1. The average molecular weight is 383 g/mol. The number of ketones is 1. The van der Waals surface area contributed by atoms with Crippen molar-refractivity contribution < 1.29 is 9.59 Å². The molecule has 1 N–H and O–H groups in total. The van der Waals surface area contributed by atoms with Gasteiger partial charge in [0.2, 0.25) is 0 Å². The maximum Gasteiger partial charge on any atom is 0.256 e. The van der Waals surface area contributed by atoms with Gasteiger partial charge in [-0.15, -0.1) is 11.8 Å². The molecule has 0 atom stereocenters. The van der Waals surface area contributed by atoms with E-state index in [-0.39, 0.29) is 11.7 Å². The summed E-state index contributed by atoms with van der Waals surface area (Å²) in [6, 6.07) is 19.5. The minimum atomic E-state index is -0.281. The van der Waals surface area contributed by atoms with Gasteiger partial charge in [0.05, 0.1) is 5.75 Å². The first-order chi connectivity index (χ1) is 12.6. The van der Waals surface area contributed by atoms with Crippen LogP contribution in [0.5, 0.6) is 0 Å². The lowest BCUT2D eigenvalue weighted by Gasteiger charge is -2.07. The van der Waals surface area contributed by atoms with Crippen LogP contribution in [-0.4, -0.2) is 22.4 Å². The van der Waals surface area contributed by atoms with E-state index >= 15 is 0 Å². The van der Waals surface area contributed by atoms with Crippen molar-refractivity contribution in [2.24, 2.45) is 0 Å². The molecule has 6 heteroatoms. The van der Waals surface area contributed by atoms with Crippen LogP contribution < -0.4 is 5.32 Å². The standard InChI is InChI=1S/C20H15ClN2O2S/c21-16-9-10-22-19(12-16)23-20(25)15-7-4-8-17(11-15)26-13-18(24)14-5-2-1-3-6-14/h1-12H,13H2,(H,22,23,25). The smallest absolute Gasteiger partial charge is 0.256 e. The molecular formula is C20H15ClN2O2S. The molecule has 3 aromatic rings. The van der Waals surface area contributed by atoms with Crippen LogP contribution in [0, 0.1) is 0 Å². The fourth-order valence-electron chi connectivity index (χ4n) is 2.24. The number of aromatic nitrogens is 1. The van der Waals surface area contributed by atoms with Gasteiger partial charge in [-0.05, 0) is 30.3 Å². The molecule has 4 nitrogen and oxygen atoms in total. The highest BCUT2D eigenvalue weighted by Gasteiger charge is 2.10.